The molecule has 0 atom stereocenters. The maximum absolute atomic E-state index is 11.8. The number of methoxy groups -OCH3 is 1. The third kappa shape index (κ3) is 4.21. The van der Waals surface area contributed by atoms with Crippen molar-refractivity contribution in [3.05, 3.63) is 65.7 Å². The maximum Gasteiger partial charge on any atom is 0.248 e. The summed E-state index contributed by atoms with van der Waals surface area (Å²) in [4.78, 5) is 22.8. The molecule has 2 amide bonds. The zero-order chi connectivity index (χ0) is 15.9. The molecule has 2 aromatic carbocycles. The fraction of sp³-hybridized carbons (Fsp3) is 0.0588. The molecule has 0 saturated heterocycles. The van der Waals surface area contributed by atoms with Gasteiger partial charge in [0.15, 0.2) is 0 Å². The fourth-order valence-electron chi connectivity index (χ4n) is 1.79. The van der Waals surface area contributed by atoms with Crippen molar-refractivity contribution in [3.8, 4) is 5.75 Å². The summed E-state index contributed by atoms with van der Waals surface area (Å²) in [6.07, 6.45) is 3.14. The first-order valence-corrected chi connectivity index (χ1v) is 6.61. The Bertz CT molecular complexity index is 689. The van der Waals surface area contributed by atoms with E-state index in [0.717, 1.165) is 11.3 Å². The summed E-state index contributed by atoms with van der Waals surface area (Å²) >= 11 is 0. The second-order valence-corrected chi connectivity index (χ2v) is 4.54. The van der Waals surface area contributed by atoms with Crippen LogP contribution >= 0.6 is 0 Å². The Morgan fingerprint density at radius 2 is 1.68 bits per heavy atom. The molecule has 0 saturated carbocycles. The Hall–Kier alpha value is -3.08. The standard InChI is InChI=1S/C17H16N2O3/c1-22-15-9-2-12(3-10-15)4-11-16(20)19-14-7-5-13(6-8-14)17(18)21/h2-11H,1H3,(H2,18,21)(H,19,20)/b11-4+. The van der Waals surface area contributed by atoms with E-state index in [2.05, 4.69) is 5.32 Å². The van der Waals surface area contributed by atoms with Crippen LogP contribution in [0.4, 0.5) is 5.69 Å². The molecule has 0 aromatic heterocycles. The van der Waals surface area contributed by atoms with E-state index in [9.17, 15) is 9.59 Å². The molecule has 0 heterocycles. The molecule has 0 aliphatic carbocycles. The van der Waals surface area contributed by atoms with Gasteiger partial charge in [0.05, 0.1) is 7.11 Å². The zero-order valence-corrected chi connectivity index (χ0v) is 12.1. The first-order valence-electron chi connectivity index (χ1n) is 6.61. The smallest absolute Gasteiger partial charge is 0.248 e. The van der Waals surface area contributed by atoms with Crippen LogP contribution in [-0.4, -0.2) is 18.9 Å². The minimum absolute atomic E-state index is 0.261. The van der Waals surface area contributed by atoms with Crippen molar-refractivity contribution < 1.29 is 14.3 Å². The lowest BCUT2D eigenvalue weighted by molar-refractivity contribution is -0.111. The Labute approximate surface area is 128 Å². The predicted octanol–water partition coefficient (Wildman–Crippen LogP) is 2.45. The number of carbonyl (C=O) groups is 2. The average molecular weight is 296 g/mol. The summed E-state index contributed by atoms with van der Waals surface area (Å²) in [5, 5.41) is 2.70. The SMILES string of the molecule is COc1ccc(/C=C/C(=O)Nc2ccc(C(N)=O)cc2)cc1. The number of hydrogen-bond donors (Lipinski definition) is 2. The first-order chi connectivity index (χ1) is 10.6. The van der Waals surface area contributed by atoms with Crippen LogP contribution in [0.1, 0.15) is 15.9 Å². The van der Waals surface area contributed by atoms with Crippen LogP contribution in [0, 0.1) is 0 Å². The number of amides is 2. The van der Waals surface area contributed by atoms with Crippen LogP contribution in [0.25, 0.3) is 6.08 Å². The van der Waals surface area contributed by atoms with E-state index in [-0.39, 0.29) is 5.91 Å². The van der Waals surface area contributed by atoms with Crippen molar-refractivity contribution >= 4 is 23.6 Å². The molecule has 0 aliphatic rings. The predicted molar refractivity (Wildman–Crippen MR) is 85.6 cm³/mol. The fourth-order valence-corrected chi connectivity index (χ4v) is 1.79. The van der Waals surface area contributed by atoms with E-state index in [4.69, 9.17) is 10.5 Å². The number of nitrogens with two attached hydrogens (primary N) is 1. The summed E-state index contributed by atoms with van der Waals surface area (Å²) in [6, 6.07) is 13.7. The quantitative estimate of drug-likeness (QED) is 0.831. The van der Waals surface area contributed by atoms with Crippen LogP contribution in [-0.2, 0) is 4.79 Å². The van der Waals surface area contributed by atoms with E-state index in [0.29, 0.717) is 11.3 Å². The Morgan fingerprint density at radius 3 is 2.23 bits per heavy atom. The highest BCUT2D eigenvalue weighted by Gasteiger charge is 2.01. The molecule has 2 aromatic rings. The average Bonchev–Trinajstić information content (AvgIpc) is 2.54. The number of rotatable bonds is 5. The number of benzene rings is 2. The van der Waals surface area contributed by atoms with Gasteiger partial charge in [-0.25, -0.2) is 0 Å². The molecule has 2 rings (SSSR count). The molecule has 0 radical (unpaired) electrons. The van der Waals surface area contributed by atoms with E-state index in [1.54, 1.807) is 37.5 Å². The number of primary amides is 1. The van der Waals surface area contributed by atoms with Gasteiger partial charge in [0.25, 0.3) is 0 Å². The molecule has 3 N–H and O–H groups in total. The third-order valence-electron chi connectivity index (χ3n) is 2.98. The molecule has 0 fully saturated rings. The van der Waals surface area contributed by atoms with Gasteiger partial charge in [-0.3, -0.25) is 9.59 Å². The Kier molecular flexibility index (Phi) is 4.93. The van der Waals surface area contributed by atoms with Gasteiger partial charge in [-0.05, 0) is 48.0 Å². The van der Waals surface area contributed by atoms with Gasteiger partial charge < -0.3 is 15.8 Å². The van der Waals surface area contributed by atoms with E-state index in [1.165, 1.54) is 6.08 Å². The monoisotopic (exact) mass is 296 g/mol. The molecular weight excluding hydrogens is 280 g/mol. The minimum atomic E-state index is -0.503. The lowest BCUT2D eigenvalue weighted by Gasteiger charge is -2.03. The second-order valence-electron chi connectivity index (χ2n) is 4.54. The third-order valence-corrected chi connectivity index (χ3v) is 2.98. The minimum Gasteiger partial charge on any atom is -0.497 e. The lowest BCUT2D eigenvalue weighted by Crippen LogP contribution is -2.11. The van der Waals surface area contributed by atoms with Crippen LogP contribution < -0.4 is 15.8 Å². The lowest BCUT2D eigenvalue weighted by atomic mass is 10.2. The van der Waals surface area contributed by atoms with Crippen LogP contribution in [0.3, 0.4) is 0 Å². The highest BCUT2D eigenvalue weighted by Crippen LogP contribution is 2.13. The van der Waals surface area contributed by atoms with Crippen molar-refractivity contribution in [3.63, 3.8) is 0 Å². The molecule has 0 aliphatic heterocycles. The van der Waals surface area contributed by atoms with E-state index >= 15 is 0 Å². The van der Waals surface area contributed by atoms with Gasteiger partial charge in [0.2, 0.25) is 11.8 Å². The number of hydrogen-bond acceptors (Lipinski definition) is 3. The molecule has 112 valence electrons. The molecule has 0 spiro atoms. The van der Waals surface area contributed by atoms with Crippen molar-refractivity contribution in [2.45, 2.75) is 0 Å². The summed E-state index contributed by atoms with van der Waals surface area (Å²) in [5.41, 5.74) is 7.03. The molecular formula is C17H16N2O3. The van der Waals surface area contributed by atoms with Crippen molar-refractivity contribution in [1.82, 2.24) is 0 Å². The van der Waals surface area contributed by atoms with Crippen LogP contribution in [0.15, 0.2) is 54.6 Å². The van der Waals surface area contributed by atoms with Gasteiger partial charge in [-0.2, -0.15) is 0 Å². The van der Waals surface area contributed by atoms with Gasteiger partial charge in [0, 0.05) is 17.3 Å². The van der Waals surface area contributed by atoms with Gasteiger partial charge >= 0.3 is 0 Å². The largest absolute Gasteiger partial charge is 0.497 e. The zero-order valence-electron chi connectivity index (χ0n) is 12.1. The molecule has 5 nitrogen and oxygen atoms in total. The normalized spacial score (nSPS) is 10.4. The van der Waals surface area contributed by atoms with Gasteiger partial charge in [0.1, 0.15) is 5.75 Å². The first kappa shape index (κ1) is 15.3. The van der Waals surface area contributed by atoms with Crippen molar-refractivity contribution in [2.75, 3.05) is 12.4 Å². The topological polar surface area (TPSA) is 81.4 Å². The number of nitrogens with one attached hydrogen (secondary N) is 1. The van der Waals surface area contributed by atoms with Gasteiger partial charge in [-0.1, -0.05) is 12.1 Å². The molecule has 5 heteroatoms. The molecule has 22 heavy (non-hydrogen) atoms. The number of ether oxygens (including phenoxy) is 1. The highest BCUT2D eigenvalue weighted by atomic mass is 16.5. The van der Waals surface area contributed by atoms with E-state index in [1.807, 2.05) is 24.3 Å². The van der Waals surface area contributed by atoms with Crippen LogP contribution in [0.5, 0.6) is 5.75 Å². The Morgan fingerprint density at radius 1 is 1.05 bits per heavy atom. The van der Waals surface area contributed by atoms with Crippen LogP contribution in [0.2, 0.25) is 0 Å². The summed E-state index contributed by atoms with van der Waals surface area (Å²) in [6.45, 7) is 0. The number of anilines is 1. The Balaban J connectivity index is 1.96. The number of carbonyl (C=O) groups excluding carboxylic acids is 2. The van der Waals surface area contributed by atoms with Crippen molar-refractivity contribution in [2.24, 2.45) is 5.73 Å². The van der Waals surface area contributed by atoms with E-state index < -0.39 is 5.91 Å². The summed E-state index contributed by atoms with van der Waals surface area (Å²) in [7, 11) is 1.60. The van der Waals surface area contributed by atoms with Gasteiger partial charge in [-0.15, -0.1) is 0 Å². The van der Waals surface area contributed by atoms with Crippen molar-refractivity contribution in [1.29, 1.82) is 0 Å². The highest BCUT2D eigenvalue weighted by molar-refractivity contribution is 6.02. The summed E-state index contributed by atoms with van der Waals surface area (Å²) in [5.74, 6) is -0.00365. The summed E-state index contributed by atoms with van der Waals surface area (Å²) < 4.78 is 5.06. The molecule has 0 unspecified atom stereocenters. The maximum atomic E-state index is 11.8. The molecule has 0 bridgehead atoms. The second kappa shape index (κ2) is 7.08.